The average molecular weight is 476 g/mol. The van der Waals surface area contributed by atoms with E-state index in [0.29, 0.717) is 12.1 Å². The molecule has 0 aliphatic heterocycles. The van der Waals surface area contributed by atoms with Crippen LogP contribution in [0.25, 0.3) is 11.3 Å². The topological polar surface area (TPSA) is 101 Å². The lowest BCUT2D eigenvalue weighted by Crippen LogP contribution is -2.31. The maximum Gasteiger partial charge on any atom is 0.357 e. The van der Waals surface area contributed by atoms with Gasteiger partial charge in [-0.2, -0.15) is 8.42 Å². The van der Waals surface area contributed by atoms with Gasteiger partial charge < -0.3 is 10.1 Å². The fourth-order valence-electron chi connectivity index (χ4n) is 3.13. The SMILES string of the molecule is COc1cccc(-c2csc(C(Cc3ccc(NS(=O)(=O)O)cc3)NCC(C)(C)C)n2)c1. The number of benzene rings is 2. The molecule has 0 saturated heterocycles. The van der Waals surface area contributed by atoms with Gasteiger partial charge >= 0.3 is 10.3 Å². The molecule has 0 radical (unpaired) electrons. The number of nitrogens with zero attached hydrogens (tertiary/aromatic N) is 1. The van der Waals surface area contributed by atoms with E-state index in [0.717, 1.165) is 34.1 Å². The smallest absolute Gasteiger partial charge is 0.357 e. The molecule has 0 amide bonds. The zero-order chi connectivity index (χ0) is 23.4. The molecule has 0 saturated carbocycles. The molecule has 7 nitrogen and oxygen atoms in total. The van der Waals surface area contributed by atoms with Gasteiger partial charge in [0, 0.05) is 17.5 Å². The molecule has 0 aliphatic carbocycles. The second kappa shape index (κ2) is 9.99. The van der Waals surface area contributed by atoms with Crippen molar-refractivity contribution in [2.75, 3.05) is 18.4 Å². The maximum atomic E-state index is 11.0. The molecule has 0 fully saturated rings. The first-order valence-corrected chi connectivity index (χ1v) is 12.5. The molecule has 9 heteroatoms. The lowest BCUT2D eigenvalue weighted by atomic mass is 9.96. The number of hydrogen-bond acceptors (Lipinski definition) is 6. The second-order valence-electron chi connectivity index (χ2n) is 8.78. The van der Waals surface area contributed by atoms with Crippen molar-refractivity contribution in [2.45, 2.75) is 33.2 Å². The Labute approximate surface area is 193 Å². The first kappa shape index (κ1) is 24.2. The van der Waals surface area contributed by atoms with E-state index in [-0.39, 0.29) is 11.5 Å². The molecule has 1 unspecified atom stereocenters. The number of nitrogens with one attached hydrogen (secondary N) is 2. The van der Waals surface area contributed by atoms with Gasteiger partial charge in [0.25, 0.3) is 0 Å². The van der Waals surface area contributed by atoms with Crippen LogP contribution in [0.15, 0.2) is 53.9 Å². The highest BCUT2D eigenvalue weighted by molar-refractivity contribution is 7.87. The summed E-state index contributed by atoms with van der Waals surface area (Å²) in [5, 5.41) is 6.67. The number of thiazole rings is 1. The van der Waals surface area contributed by atoms with Crippen LogP contribution in [0.3, 0.4) is 0 Å². The molecule has 32 heavy (non-hydrogen) atoms. The van der Waals surface area contributed by atoms with E-state index in [9.17, 15) is 8.42 Å². The van der Waals surface area contributed by atoms with Crippen molar-refractivity contribution in [3.8, 4) is 17.0 Å². The van der Waals surface area contributed by atoms with E-state index in [1.54, 1.807) is 30.6 Å². The fourth-order valence-corrected chi connectivity index (χ4v) is 4.47. The van der Waals surface area contributed by atoms with Gasteiger partial charge in [0.05, 0.1) is 24.5 Å². The van der Waals surface area contributed by atoms with Gasteiger partial charge in [0.2, 0.25) is 0 Å². The molecule has 3 aromatic rings. The summed E-state index contributed by atoms with van der Waals surface area (Å²) in [5.41, 5.74) is 3.34. The van der Waals surface area contributed by atoms with E-state index >= 15 is 0 Å². The Hall–Kier alpha value is -2.46. The Kier molecular flexibility index (Phi) is 7.55. The summed E-state index contributed by atoms with van der Waals surface area (Å²) in [6.45, 7) is 7.34. The van der Waals surface area contributed by atoms with Crippen LogP contribution >= 0.6 is 11.3 Å². The van der Waals surface area contributed by atoms with Crippen LogP contribution in [0.4, 0.5) is 5.69 Å². The lowest BCUT2D eigenvalue weighted by Gasteiger charge is -2.24. The Bertz CT molecular complexity index is 1140. The predicted molar refractivity (Wildman–Crippen MR) is 130 cm³/mol. The van der Waals surface area contributed by atoms with Gasteiger partial charge in [-0.25, -0.2) is 4.98 Å². The number of rotatable bonds is 9. The van der Waals surface area contributed by atoms with Crippen molar-refractivity contribution in [2.24, 2.45) is 5.41 Å². The van der Waals surface area contributed by atoms with Crippen molar-refractivity contribution in [1.82, 2.24) is 10.3 Å². The average Bonchev–Trinajstić information content (AvgIpc) is 3.21. The van der Waals surface area contributed by atoms with Crippen molar-refractivity contribution < 1.29 is 17.7 Å². The van der Waals surface area contributed by atoms with Gasteiger partial charge in [-0.1, -0.05) is 45.0 Å². The minimum atomic E-state index is -4.29. The first-order valence-electron chi connectivity index (χ1n) is 10.2. The van der Waals surface area contributed by atoms with Gasteiger partial charge in [-0.15, -0.1) is 11.3 Å². The molecule has 0 spiro atoms. The molecular formula is C23H29N3O4S2. The third-order valence-corrected chi connectivity index (χ3v) is 6.16. The van der Waals surface area contributed by atoms with Gasteiger partial charge in [-0.3, -0.25) is 9.27 Å². The van der Waals surface area contributed by atoms with Crippen LogP contribution in [0.1, 0.15) is 37.4 Å². The Morgan fingerprint density at radius 3 is 2.50 bits per heavy atom. The quantitative estimate of drug-likeness (QED) is 0.379. The predicted octanol–water partition coefficient (Wildman–Crippen LogP) is 4.95. The Balaban J connectivity index is 1.82. The molecule has 2 aromatic carbocycles. The summed E-state index contributed by atoms with van der Waals surface area (Å²) < 4.78 is 38.4. The minimum absolute atomic E-state index is 0.000957. The third kappa shape index (κ3) is 7.30. The first-order chi connectivity index (χ1) is 15.0. The monoisotopic (exact) mass is 475 g/mol. The Morgan fingerprint density at radius 1 is 1.16 bits per heavy atom. The third-order valence-electron chi connectivity index (χ3n) is 4.70. The number of ether oxygens (including phenoxy) is 1. The van der Waals surface area contributed by atoms with E-state index in [1.165, 1.54) is 0 Å². The standard InChI is InChI=1S/C23H29N3O4S2/c1-23(2,3)15-24-20(12-16-8-10-18(11-9-16)26-32(27,28)29)22-25-21(14-31-22)17-6-5-7-19(13-17)30-4/h5-11,13-14,20,24,26H,12,15H2,1-4H3,(H,27,28,29). The summed E-state index contributed by atoms with van der Waals surface area (Å²) in [6, 6.07) is 14.8. The van der Waals surface area contributed by atoms with Crippen LogP contribution < -0.4 is 14.8 Å². The molecule has 3 N–H and O–H groups in total. The van der Waals surface area contributed by atoms with Crippen molar-refractivity contribution in [1.29, 1.82) is 0 Å². The fraction of sp³-hybridized carbons (Fsp3) is 0.348. The molecule has 0 aliphatic rings. The summed E-state index contributed by atoms with van der Waals surface area (Å²) in [6.07, 6.45) is 0.688. The van der Waals surface area contributed by atoms with E-state index in [2.05, 4.69) is 36.2 Å². The van der Waals surface area contributed by atoms with E-state index in [4.69, 9.17) is 14.3 Å². The highest BCUT2D eigenvalue weighted by Crippen LogP contribution is 2.30. The van der Waals surface area contributed by atoms with Crippen LogP contribution in [0.2, 0.25) is 0 Å². The molecule has 1 atom stereocenters. The number of aromatic nitrogens is 1. The summed E-state index contributed by atoms with van der Waals surface area (Å²) in [4.78, 5) is 4.89. The minimum Gasteiger partial charge on any atom is -0.497 e. The van der Waals surface area contributed by atoms with Crippen molar-refractivity contribution >= 4 is 27.3 Å². The normalized spacial score (nSPS) is 13.0. The highest BCUT2D eigenvalue weighted by Gasteiger charge is 2.20. The molecule has 1 heterocycles. The van der Waals surface area contributed by atoms with Gasteiger partial charge in [0.15, 0.2) is 0 Å². The van der Waals surface area contributed by atoms with Crippen LogP contribution in [-0.2, 0) is 16.7 Å². The summed E-state index contributed by atoms with van der Waals surface area (Å²) in [5.74, 6) is 0.790. The maximum absolute atomic E-state index is 11.0. The van der Waals surface area contributed by atoms with Crippen molar-refractivity contribution in [3.63, 3.8) is 0 Å². The zero-order valence-electron chi connectivity index (χ0n) is 18.6. The molecule has 172 valence electrons. The van der Waals surface area contributed by atoms with Crippen LogP contribution in [-0.4, -0.2) is 31.6 Å². The van der Waals surface area contributed by atoms with E-state index < -0.39 is 10.3 Å². The zero-order valence-corrected chi connectivity index (χ0v) is 20.3. The van der Waals surface area contributed by atoms with Gasteiger partial charge in [0.1, 0.15) is 10.8 Å². The Morgan fingerprint density at radius 2 is 1.88 bits per heavy atom. The van der Waals surface area contributed by atoms with Crippen LogP contribution in [0, 0.1) is 5.41 Å². The molecule has 0 bridgehead atoms. The van der Waals surface area contributed by atoms with Crippen LogP contribution in [0.5, 0.6) is 5.75 Å². The number of methoxy groups -OCH3 is 1. The second-order valence-corrected chi connectivity index (χ2v) is 10.8. The highest BCUT2D eigenvalue weighted by atomic mass is 32.2. The molecular weight excluding hydrogens is 446 g/mol. The van der Waals surface area contributed by atoms with Crippen molar-refractivity contribution in [3.05, 3.63) is 64.5 Å². The lowest BCUT2D eigenvalue weighted by molar-refractivity contribution is 0.351. The summed E-state index contributed by atoms with van der Waals surface area (Å²) in [7, 11) is -2.64. The number of anilines is 1. The van der Waals surface area contributed by atoms with E-state index in [1.807, 2.05) is 36.4 Å². The number of hydrogen-bond donors (Lipinski definition) is 3. The molecule has 3 rings (SSSR count). The van der Waals surface area contributed by atoms with Gasteiger partial charge in [-0.05, 0) is 41.7 Å². The molecule has 1 aromatic heterocycles. The largest absolute Gasteiger partial charge is 0.497 e. The summed E-state index contributed by atoms with van der Waals surface area (Å²) >= 11 is 1.61.